The molecule has 0 bridgehead atoms. The number of hydrogen-bond acceptors (Lipinski definition) is 4. The molecule has 0 aliphatic heterocycles. The highest BCUT2D eigenvalue weighted by molar-refractivity contribution is 5.79. The van der Waals surface area contributed by atoms with Gasteiger partial charge in [0, 0.05) is 11.3 Å². The fraction of sp³-hybridized carbons (Fsp3) is 0.294. The van der Waals surface area contributed by atoms with Crippen LogP contribution in [0.15, 0.2) is 24.3 Å². The Balaban J connectivity index is 2.15. The molecule has 1 aromatic heterocycles. The Kier molecular flexibility index (Phi) is 3.49. The molecule has 4 heteroatoms. The first kappa shape index (κ1) is 13.4. The van der Waals surface area contributed by atoms with Crippen molar-refractivity contribution >= 4 is 5.82 Å². The summed E-state index contributed by atoms with van der Waals surface area (Å²) in [5.74, 6) is 1.17. The number of hydrogen-bond donors (Lipinski definition) is 1. The van der Waals surface area contributed by atoms with E-state index in [1.165, 1.54) is 5.56 Å². The summed E-state index contributed by atoms with van der Waals surface area (Å²) >= 11 is 0. The van der Waals surface area contributed by atoms with Gasteiger partial charge in [0.05, 0.1) is 6.61 Å². The van der Waals surface area contributed by atoms with E-state index in [9.17, 15) is 5.26 Å². The van der Waals surface area contributed by atoms with Crippen molar-refractivity contribution in [1.82, 2.24) is 4.98 Å². The first-order chi connectivity index (χ1) is 10.2. The van der Waals surface area contributed by atoms with Gasteiger partial charge in [-0.2, -0.15) is 5.26 Å². The summed E-state index contributed by atoms with van der Waals surface area (Å²) in [6, 6.07) is 10.0. The molecule has 1 aliphatic rings. The minimum absolute atomic E-state index is 0.335. The van der Waals surface area contributed by atoms with Crippen LogP contribution < -0.4 is 10.5 Å². The van der Waals surface area contributed by atoms with Crippen molar-refractivity contribution in [1.29, 1.82) is 5.26 Å². The monoisotopic (exact) mass is 279 g/mol. The summed E-state index contributed by atoms with van der Waals surface area (Å²) < 4.78 is 5.47. The Morgan fingerprint density at radius 2 is 2.05 bits per heavy atom. The number of nitrogens with zero attached hydrogens (tertiary/aromatic N) is 2. The maximum Gasteiger partial charge on any atom is 0.142 e. The van der Waals surface area contributed by atoms with Crippen molar-refractivity contribution in [3.05, 3.63) is 41.1 Å². The Morgan fingerprint density at radius 3 is 2.71 bits per heavy atom. The van der Waals surface area contributed by atoms with E-state index in [0.29, 0.717) is 18.0 Å². The molecule has 2 N–H and O–H groups in total. The Hall–Kier alpha value is -2.54. The fourth-order valence-electron chi connectivity index (χ4n) is 2.92. The van der Waals surface area contributed by atoms with Crippen molar-refractivity contribution in [3.8, 4) is 22.9 Å². The lowest BCUT2D eigenvalue weighted by Crippen LogP contribution is -2.03. The number of benzene rings is 1. The first-order valence-electron chi connectivity index (χ1n) is 7.19. The Bertz CT molecular complexity index is 714. The van der Waals surface area contributed by atoms with Gasteiger partial charge in [-0.05, 0) is 49.4 Å². The van der Waals surface area contributed by atoms with E-state index in [-0.39, 0.29) is 0 Å². The predicted octanol–water partition coefficient (Wildman–Crippen LogP) is 3.09. The first-order valence-corrected chi connectivity index (χ1v) is 7.19. The number of nitrogen functional groups attached to an aromatic ring is 1. The average molecular weight is 279 g/mol. The van der Waals surface area contributed by atoms with E-state index in [0.717, 1.165) is 41.8 Å². The molecule has 0 atom stereocenters. The Morgan fingerprint density at radius 1 is 1.29 bits per heavy atom. The molecule has 1 aromatic carbocycles. The van der Waals surface area contributed by atoms with Gasteiger partial charge in [-0.1, -0.05) is 12.1 Å². The molecule has 0 saturated carbocycles. The van der Waals surface area contributed by atoms with Crippen LogP contribution in [0.2, 0.25) is 0 Å². The quantitative estimate of drug-likeness (QED) is 0.937. The lowest BCUT2D eigenvalue weighted by molar-refractivity contribution is 0.340. The molecule has 1 heterocycles. The van der Waals surface area contributed by atoms with Crippen LogP contribution in [0, 0.1) is 11.3 Å². The van der Waals surface area contributed by atoms with E-state index in [1.54, 1.807) is 0 Å². The second-order valence-corrected chi connectivity index (χ2v) is 5.10. The zero-order valence-corrected chi connectivity index (χ0v) is 12.0. The summed E-state index contributed by atoms with van der Waals surface area (Å²) in [7, 11) is 0. The minimum atomic E-state index is 0.335. The minimum Gasteiger partial charge on any atom is -0.494 e. The zero-order valence-electron chi connectivity index (χ0n) is 12.0. The van der Waals surface area contributed by atoms with Crippen molar-refractivity contribution in [2.75, 3.05) is 12.3 Å². The number of pyridine rings is 1. The van der Waals surface area contributed by atoms with Gasteiger partial charge in [0.25, 0.3) is 0 Å². The second-order valence-electron chi connectivity index (χ2n) is 5.10. The number of nitriles is 1. The van der Waals surface area contributed by atoms with E-state index in [4.69, 9.17) is 10.5 Å². The van der Waals surface area contributed by atoms with E-state index < -0.39 is 0 Å². The third-order valence-electron chi connectivity index (χ3n) is 3.82. The van der Waals surface area contributed by atoms with Crippen LogP contribution in [0.5, 0.6) is 5.75 Å². The SMILES string of the molecule is CCOc1ccc(-c2c(C#N)c(N)nc3c2CCC3)cc1. The van der Waals surface area contributed by atoms with Crippen LogP contribution in [0.3, 0.4) is 0 Å². The zero-order chi connectivity index (χ0) is 14.8. The normalized spacial score (nSPS) is 12.8. The van der Waals surface area contributed by atoms with E-state index in [2.05, 4.69) is 11.1 Å². The highest BCUT2D eigenvalue weighted by Gasteiger charge is 2.22. The van der Waals surface area contributed by atoms with Crippen molar-refractivity contribution in [3.63, 3.8) is 0 Å². The highest BCUT2D eigenvalue weighted by Crippen LogP contribution is 2.36. The molecular weight excluding hydrogens is 262 g/mol. The van der Waals surface area contributed by atoms with E-state index in [1.807, 2.05) is 31.2 Å². The fourth-order valence-corrected chi connectivity index (χ4v) is 2.92. The molecule has 0 unspecified atom stereocenters. The van der Waals surface area contributed by atoms with Crippen LogP contribution in [0.25, 0.3) is 11.1 Å². The van der Waals surface area contributed by atoms with Crippen LogP contribution >= 0.6 is 0 Å². The van der Waals surface area contributed by atoms with Crippen molar-refractivity contribution < 1.29 is 4.74 Å². The maximum atomic E-state index is 9.44. The van der Waals surface area contributed by atoms with Gasteiger partial charge >= 0.3 is 0 Å². The predicted molar refractivity (Wildman–Crippen MR) is 82.0 cm³/mol. The molecule has 4 nitrogen and oxygen atoms in total. The summed E-state index contributed by atoms with van der Waals surface area (Å²) in [6.45, 7) is 2.60. The topological polar surface area (TPSA) is 71.9 Å². The molecule has 0 amide bonds. The number of fused-ring (bicyclic) bond motifs is 1. The molecule has 106 valence electrons. The molecule has 0 saturated heterocycles. The van der Waals surface area contributed by atoms with E-state index >= 15 is 0 Å². The highest BCUT2D eigenvalue weighted by atomic mass is 16.5. The third-order valence-corrected chi connectivity index (χ3v) is 3.82. The summed E-state index contributed by atoms with van der Waals surface area (Å²) in [4.78, 5) is 4.39. The van der Waals surface area contributed by atoms with Gasteiger partial charge in [0.1, 0.15) is 23.2 Å². The van der Waals surface area contributed by atoms with Gasteiger partial charge in [-0.3, -0.25) is 0 Å². The molecule has 0 fully saturated rings. The van der Waals surface area contributed by atoms with Crippen molar-refractivity contribution in [2.24, 2.45) is 0 Å². The summed E-state index contributed by atoms with van der Waals surface area (Å²) in [5.41, 5.74) is 10.6. The molecule has 0 radical (unpaired) electrons. The van der Waals surface area contributed by atoms with Crippen LogP contribution in [-0.4, -0.2) is 11.6 Å². The Labute approximate surface area is 124 Å². The molecule has 0 spiro atoms. The van der Waals surface area contributed by atoms with Crippen LogP contribution in [-0.2, 0) is 12.8 Å². The summed E-state index contributed by atoms with van der Waals surface area (Å²) in [6.07, 6.45) is 2.97. The van der Waals surface area contributed by atoms with Gasteiger partial charge in [-0.15, -0.1) is 0 Å². The number of ether oxygens (including phenoxy) is 1. The van der Waals surface area contributed by atoms with Crippen molar-refractivity contribution in [2.45, 2.75) is 26.2 Å². The van der Waals surface area contributed by atoms with Gasteiger partial charge < -0.3 is 10.5 Å². The molecule has 3 rings (SSSR count). The molecule has 2 aromatic rings. The number of nitrogens with two attached hydrogens (primary N) is 1. The molecule has 1 aliphatic carbocycles. The summed E-state index contributed by atoms with van der Waals surface area (Å²) in [5, 5.41) is 9.44. The largest absolute Gasteiger partial charge is 0.494 e. The standard InChI is InChI=1S/C17H17N3O/c1-2-21-12-8-6-11(7-9-12)16-13-4-3-5-15(13)20-17(19)14(16)10-18/h6-9H,2-5H2,1H3,(H2,19,20). The number of aromatic nitrogens is 1. The molecule has 21 heavy (non-hydrogen) atoms. The van der Waals surface area contributed by atoms with Crippen LogP contribution in [0.1, 0.15) is 30.2 Å². The van der Waals surface area contributed by atoms with Gasteiger partial charge in [0.2, 0.25) is 0 Å². The van der Waals surface area contributed by atoms with Gasteiger partial charge in [0.15, 0.2) is 0 Å². The lowest BCUT2D eigenvalue weighted by atomic mass is 9.95. The smallest absolute Gasteiger partial charge is 0.142 e. The van der Waals surface area contributed by atoms with Gasteiger partial charge in [-0.25, -0.2) is 4.98 Å². The second kappa shape index (κ2) is 5.45. The number of anilines is 1. The lowest BCUT2D eigenvalue weighted by Gasteiger charge is -2.13. The maximum absolute atomic E-state index is 9.44. The average Bonchev–Trinajstić information content (AvgIpc) is 2.95. The number of rotatable bonds is 3. The number of aryl methyl sites for hydroxylation is 1. The van der Waals surface area contributed by atoms with Crippen LogP contribution in [0.4, 0.5) is 5.82 Å². The molecular formula is C17H17N3O. The third kappa shape index (κ3) is 2.31.